The van der Waals surface area contributed by atoms with Crippen LogP contribution in [0.1, 0.15) is 26.3 Å². The number of hydrogen-bond donors (Lipinski definition) is 0. The Balaban J connectivity index is 2.85. The maximum atomic E-state index is 14.5. The van der Waals surface area contributed by atoms with Gasteiger partial charge in [0.25, 0.3) is 0 Å². The van der Waals surface area contributed by atoms with Crippen LogP contribution in [-0.4, -0.2) is 36.1 Å². The van der Waals surface area contributed by atoms with Gasteiger partial charge in [-0.15, -0.1) is 0 Å². The summed E-state index contributed by atoms with van der Waals surface area (Å²) in [7, 11) is -3.69. The van der Waals surface area contributed by atoms with Gasteiger partial charge in [-0.2, -0.15) is 0 Å². The molecule has 0 saturated heterocycles. The van der Waals surface area contributed by atoms with Crippen LogP contribution in [0.4, 0.5) is 4.39 Å². The zero-order valence-corrected chi connectivity index (χ0v) is 21.0. The molecule has 0 aliphatic carbocycles. The summed E-state index contributed by atoms with van der Waals surface area (Å²) in [6.45, 7) is 21.5. The molecule has 0 bridgehead atoms. The van der Waals surface area contributed by atoms with E-state index in [2.05, 4.69) is 45.4 Å². The van der Waals surface area contributed by atoms with Crippen LogP contribution in [0.2, 0.25) is 42.8 Å². The van der Waals surface area contributed by atoms with Crippen molar-refractivity contribution in [3.8, 4) is 5.75 Å². The molecule has 0 fully saturated rings. The highest BCUT2D eigenvalue weighted by Crippen LogP contribution is 2.36. The van der Waals surface area contributed by atoms with Gasteiger partial charge in [0, 0.05) is 6.21 Å². The van der Waals surface area contributed by atoms with Crippen LogP contribution >= 0.6 is 11.6 Å². The summed E-state index contributed by atoms with van der Waals surface area (Å²) >= 11 is 5.92. The Morgan fingerprint density at radius 2 is 1.79 bits per heavy atom. The SMILES string of the molecule is C=C(/N=C/c1c(OCCO[Si](C)(C)C(C)(C)C)ccc(Cl)c1F)O[Si](C)(C)C. The van der Waals surface area contributed by atoms with Gasteiger partial charge in [0.15, 0.2) is 20.0 Å². The molecule has 0 aliphatic heterocycles. The molecule has 1 rings (SSSR count). The second-order valence-corrected chi connectivity index (χ2v) is 18.7. The van der Waals surface area contributed by atoms with Crippen LogP contribution < -0.4 is 4.74 Å². The second-order valence-electron chi connectivity index (χ2n) is 9.10. The molecule has 0 radical (unpaired) electrons. The molecule has 0 unspecified atom stereocenters. The highest BCUT2D eigenvalue weighted by Gasteiger charge is 2.36. The number of benzene rings is 1. The topological polar surface area (TPSA) is 40.0 Å². The molecule has 0 heterocycles. The first kappa shape index (κ1) is 24.9. The average molecular weight is 446 g/mol. The Kier molecular flexibility index (Phi) is 8.50. The van der Waals surface area contributed by atoms with Crippen LogP contribution in [-0.2, 0) is 8.85 Å². The van der Waals surface area contributed by atoms with Crippen LogP contribution in [0.15, 0.2) is 29.6 Å². The van der Waals surface area contributed by atoms with Gasteiger partial charge in [0.1, 0.15) is 12.4 Å². The summed E-state index contributed by atoms with van der Waals surface area (Å²) in [6.07, 6.45) is 1.34. The number of aliphatic imine (C=N–C) groups is 1. The summed E-state index contributed by atoms with van der Waals surface area (Å²) in [5.41, 5.74) is 0.167. The fraction of sp³-hybridized carbons (Fsp3) is 0.550. The van der Waals surface area contributed by atoms with Gasteiger partial charge >= 0.3 is 0 Å². The van der Waals surface area contributed by atoms with E-state index in [4.69, 9.17) is 25.2 Å². The largest absolute Gasteiger partial charge is 0.532 e. The van der Waals surface area contributed by atoms with Crippen molar-refractivity contribution in [2.24, 2.45) is 4.99 Å². The van der Waals surface area contributed by atoms with E-state index in [1.807, 2.05) is 19.6 Å². The van der Waals surface area contributed by atoms with E-state index in [-0.39, 0.29) is 21.5 Å². The quantitative estimate of drug-likeness (QED) is 0.185. The van der Waals surface area contributed by atoms with Crippen molar-refractivity contribution >= 4 is 34.5 Å². The lowest BCUT2D eigenvalue weighted by Crippen LogP contribution is -2.41. The Morgan fingerprint density at radius 3 is 2.32 bits per heavy atom. The van der Waals surface area contributed by atoms with Gasteiger partial charge in [-0.3, -0.25) is 0 Å². The standard InChI is InChI=1S/C20H33ClFNO3Si2/c1-15(26-27(5,6)7)23-14-16-18(11-10-17(21)19(16)22)24-12-13-25-28(8,9)20(2,3)4/h10-11,14H,1,12-13H2,2-9H3/b23-14+. The predicted molar refractivity (Wildman–Crippen MR) is 121 cm³/mol. The summed E-state index contributed by atoms with van der Waals surface area (Å²) in [4.78, 5) is 4.13. The molecule has 0 amide bonds. The number of nitrogens with zero attached hydrogens (tertiary/aromatic N) is 1. The van der Waals surface area contributed by atoms with Gasteiger partial charge in [-0.1, -0.05) is 32.4 Å². The minimum Gasteiger partial charge on any atom is -0.532 e. The lowest BCUT2D eigenvalue weighted by molar-refractivity contribution is 0.203. The maximum absolute atomic E-state index is 14.5. The molecule has 0 atom stereocenters. The first-order valence-electron chi connectivity index (χ1n) is 9.31. The summed E-state index contributed by atoms with van der Waals surface area (Å²) in [5.74, 6) is 0.00470. The number of rotatable bonds is 9. The highest BCUT2D eigenvalue weighted by atomic mass is 35.5. The molecule has 0 aliphatic rings. The van der Waals surface area contributed by atoms with Crippen LogP contribution in [0.25, 0.3) is 0 Å². The lowest BCUT2D eigenvalue weighted by Gasteiger charge is -2.36. The molecule has 0 spiro atoms. The molecule has 1 aromatic rings. The van der Waals surface area contributed by atoms with E-state index in [1.165, 1.54) is 12.3 Å². The van der Waals surface area contributed by atoms with Gasteiger partial charge in [-0.25, -0.2) is 9.38 Å². The van der Waals surface area contributed by atoms with Crippen LogP contribution in [0.3, 0.4) is 0 Å². The Morgan fingerprint density at radius 1 is 1.18 bits per heavy atom. The molecule has 0 N–H and O–H groups in total. The third-order valence-electron chi connectivity index (χ3n) is 4.46. The van der Waals surface area contributed by atoms with E-state index in [0.29, 0.717) is 19.0 Å². The van der Waals surface area contributed by atoms with Crippen molar-refractivity contribution in [1.29, 1.82) is 0 Å². The highest BCUT2D eigenvalue weighted by molar-refractivity contribution is 6.74. The zero-order valence-electron chi connectivity index (χ0n) is 18.3. The van der Waals surface area contributed by atoms with E-state index in [0.717, 1.165) is 0 Å². The molecule has 1 aromatic carbocycles. The Labute approximate surface area is 176 Å². The third kappa shape index (κ3) is 7.69. The normalized spacial score (nSPS) is 13.1. The molecule has 4 nitrogen and oxygen atoms in total. The maximum Gasteiger partial charge on any atom is 0.244 e. The van der Waals surface area contributed by atoms with Crippen molar-refractivity contribution in [3.63, 3.8) is 0 Å². The molecule has 28 heavy (non-hydrogen) atoms. The van der Waals surface area contributed by atoms with Crippen LogP contribution in [0, 0.1) is 5.82 Å². The minimum atomic E-state index is -1.86. The molecular formula is C20H33ClFNO3Si2. The molecular weight excluding hydrogens is 413 g/mol. The van der Waals surface area contributed by atoms with Gasteiger partial charge in [0.2, 0.25) is 8.32 Å². The Hall–Kier alpha value is -1.16. The summed E-state index contributed by atoms with van der Waals surface area (Å²) < 4.78 is 32.0. The van der Waals surface area contributed by atoms with Gasteiger partial charge in [0.05, 0.1) is 17.2 Å². The lowest BCUT2D eigenvalue weighted by atomic mass is 10.2. The van der Waals surface area contributed by atoms with Crippen molar-refractivity contribution < 1.29 is 18.0 Å². The first-order valence-corrected chi connectivity index (χ1v) is 16.0. The molecule has 0 aromatic heterocycles. The van der Waals surface area contributed by atoms with E-state index < -0.39 is 22.5 Å². The average Bonchev–Trinajstić information content (AvgIpc) is 2.51. The smallest absolute Gasteiger partial charge is 0.244 e. The minimum absolute atomic E-state index is 0.00282. The number of halogens is 2. The monoisotopic (exact) mass is 445 g/mol. The van der Waals surface area contributed by atoms with Crippen molar-refractivity contribution in [2.75, 3.05) is 13.2 Å². The Bertz CT molecular complexity index is 725. The summed E-state index contributed by atoms with van der Waals surface area (Å²) in [6, 6.07) is 3.09. The van der Waals surface area contributed by atoms with Crippen LogP contribution in [0.5, 0.6) is 5.75 Å². The van der Waals surface area contributed by atoms with E-state index >= 15 is 0 Å². The molecule has 0 saturated carbocycles. The molecule has 8 heteroatoms. The first-order chi connectivity index (χ1) is 12.6. The van der Waals surface area contributed by atoms with Crippen molar-refractivity contribution in [3.05, 3.63) is 41.0 Å². The summed E-state index contributed by atoms with van der Waals surface area (Å²) in [5, 5.41) is 0.122. The van der Waals surface area contributed by atoms with Gasteiger partial charge < -0.3 is 13.6 Å². The van der Waals surface area contributed by atoms with Crippen molar-refractivity contribution in [2.45, 2.75) is 58.5 Å². The second kappa shape index (κ2) is 9.56. The predicted octanol–water partition coefficient (Wildman–Crippen LogP) is 6.62. The third-order valence-corrected chi connectivity index (χ3v) is 10.1. The fourth-order valence-electron chi connectivity index (χ4n) is 1.98. The number of ether oxygens (including phenoxy) is 1. The van der Waals surface area contributed by atoms with Crippen molar-refractivity contribution in [1.82, 2.24) is 0 Å². The molecule has 158 valence electrons. The zero-order chi connectivity index (χ0) is 21.8. The van der Waals surface area contributed by atoms with E-state index in [1.54, 1.807) is 6.07 Å². The number of hydrogen-bond acceptors (Lipinski definition) is 4. The van der Waals surface area contributed by atoms with Gasteiger partial charge in [-0.05, 0) is 56.5 Å². The van der Waals surface area contributed by atoms with E-state index in [9.17, 15) is 4.39 Å². The fourth-order valence-corrected chi connectivity index (χ4v) is 3.93.